The molecule has 1 aromatic heterocycles. The van der Waals surface area contributed by atoms with Crippen LogP contribution in [0.15, 0.2) is 6.07 Å². The van der Waals surface area contributed by atoms with Crippen LogP contribution in [-0.4, -0.2) is 5.11 Å². The molecule has 0 radical (unpaired) electrons. The largest absolute Gasteiger partial charge is 0.507 e. The molecule has 0 atom stereocenters. The molecule has 1 rings (SSSR count). The number of hydrogen-bond donors (Lipinski definition) is 1. The van der Waals surface area contributed by atoms with E-state index >= 15 is 0 Å². The van der Waals surface area contributed by atoms with Crippen molar-refractivity contribution in [1.29, 1.82) is 0 Å². The Kier molecular flexibility index (Phi) is 5.31. The van der Waals surface area contributed by atoms with Crippen LogP contribution in [0.4, 0.5) is 13.2 Å². The first-order valence-electron chi connectivity index (χ1n) is 5.84. The van der Waals surface area contributed by atoms with Crippen LogP contribution in [0.2, 0.25) is 0 Å². The van der Waals surface area contributed by atoms with Gasteiger partial charge in [-0.25, -0.2) is 0 Å². The zero-order valence-corrected chi connectivity index (χ0v) is 10.6. The maximum Gasteiger partial charge on any atom is 0.425 e. The van der Waals surface area contributed by atoms with Gasteiger partial charge in [0, 0.05) is 10.9 Å². The van der Waals surface area contributed by atoms with Crippen LogP contribution < -0.4 is 0 Å². The topological polar surface area (TPSA) is 20.2 Å². The fourth-order valence-electron chi connectivity index (χ4n) is 1.63. The van der Waals surface area contributed by atoms with Crippen LogP contribution in [0, 0.1) is 0 Å². The van der Waals surface area contributed by atoms with E-state index in [2.05, 4.69) is 6.92 Å². The molecule has 0 saturated heterocycles. The molecule has 1 N–H and O–H groups in total. The van der Waals surface area contributed by atoms with Gasteiger partial charge in [0.1, 0.15) is 10.6 Å². The van der Waals surface area contributed by atoms with Gasteiger partial charge in [-0.15, -0.1) is 11.3 Å². The van der Waals surface area contributed by atoms with E-state index in [1.165, 1.54) is 0 Å². The van der Waals surface area contributed by atoms with E-state index in [4.69, 9.17) is 0 Å². The molecule has 0 aliphatic rings. The third-order valence-corrected chi connectivity index (χ3v) is 3.80. The Labute approximate surface area is 103 Å². The third-order valence-electron chi connectivity index (χ3n) is 2.57. The normalized spacial score (nSPS) is 12.0. The van der Waals surface area contributed by atoms with Crippen LogP contribution in [0.25, 0.3) is 0 Å². The average Bonchev–Trinajstić information content (AvgIpc) is 2.60. The van der Waals surface area contributed by atoms with Crippen LogP contribution >= 0.6 is 11.3 Å². The zero-order chi connectivity index (χ0) is 12.9. The lowest BCUT2D eigenvalue weighted by atomic mass is 10.1. The number of unbranched alkanes of at least 4 members (excludes halogenated alkanes) is 4. The predicted molar refractivity (Wildman–Crippen MR) is 63.4 cm³/mol. The van der Waals surface area contributed by atoms with Crippen molar-refractivity contribution in [1.82, 2.24) is 0 Å². The lowest BCUT2D eigenvalue weighted by Gasteiger charge is -2.01. The molecule has 1 aromatic rings. The zero-order valence-electron chi connectivity index (χ0n) is 9.81. The minimum Gasteiger partial charge on any atom is -0.507 e. The number of halogens is 3. The second-order valence-electron chi connectivity index (χ2n) is 4.08. The monoisotopic (exact) mass is 266 g/mol. The van der Waals surface area contributed by atoms with E-state index in [1.807, 2.05) is 0 Å². The van der Waals surface area contributed by atoms with Crippen molar-refractivity contribution in [3.8, 4) is 5.75 Å². The standard InChI is InChI=1S/C12H17F3OS/c1-2-3-4-5-6-7-10-9(16)8-11(17-10)12(13,14)15/h8,16H,2-7H2,1H3. The molecule has 98 valence electrons. The Morgan fingerprint density at radius 1 is 1.18 bits per heavy atom. The second-order valence-corrected chi connectivity index (χ2v) is 5.22. The fraction of sp³-hybridized carbons (Fsp3) is 0.667. The molecule has 0 fully saturated rings. The Bertz CT molecular complexity index is 344. The molecule has 0 saturated carbocycles. The van der Waals surface area contributed by atoms with Gasteiger partial charge >= 0.3 is 6.18 Å². The highest BCUT2D eigenvalue weighted by atomic mass is 32.1. The fourth-order valence-corrected chi connectivity index (χ4v) is 2.59. The van der Waals surface area contributed by atoms with Gasteiger partial charge in [0.05, 0.1) is 0 Å². The Hall–Kier alpha value is -0.710. The maximum atomic E-state index is 12.4. The van der Waals surface area contributed by atoms with Crippen molar-refractivity contribution >= 4 is 11.3 Å². The summed E-state index contributed by atoms with van der Waals surface area (Å²) in [6, 6.07) is 0.825. The lowest BCUT2D eigenvalue weighted by molar-refractivity contribution is -0.134. The van der Waals surface area contributed by atoms with E-state index in [1.54, 1.807) is 0 Å². The van der Waals surface area contributed by atoms with E-state index < -0.39 is 11.1 Å². The molecule has 5 heteroatoms. The van der Waals surface area contributed by atoms with Gasteiger partial charge in [0.15, 0.2) is 0 Å². The molecule has 0 aliphatic carbocycles. The van der Waals surface area contributed by atoms with Crippen LogP contribution in [0.3, 0.4) is 0 Å². The summed E-state index contributed by atoms with van der Waals surface area (Å²) < 4.78 is 37.1. The smallest absolute Gasteiger partial charge is 0.425 e. The van der Waals surface area contributed by atoms with Crippen molar-refractivity contribution in [3.63, 3.8) is 0 Å². The van der Waals surface area contributed by atoms with Crippen molar-refractivity contribution in [2.75, 3.05) is 0 Å². The number of aromatic hydroxyl groups is 1. The van der Waals surface area contributed by atoms with Gasteiger partial charge in [-0.3, -0.25) is 0 Å². The van der Waals surface area contributed by atoms with Crippen LogP contribution in [-0.2, 0) is 12.6 Å². The van der Waals surface area contributed by atoms with Crippen molar-refractivity contribution in [2.45, 2.75) is 51.6 Å². The molecule has 0 aliphatic heterocycles. The van der Waals surface area contributed by atoms with Crippen LogP contribution in [0.1, 0.15) is 48.8 Å². The SMILES string of the molecule is CCCCCCCc1sc(C(F)(F)F)cc1O. The molecule has 0 bridgehead atoms. The molecule has 1 heterocycles. The quantitative estimate of drug-likeness (QED) is 0.719. The minimum atomic E-state index is -4.34. The number of hydrogen-bond acceptors (Lipinski definition) is 2. The summed E-state index contributed by atoms with van der Waals surface area (Å²) in [6.07, 6.45) is 1.44. The Morgan fingerprint density at radius 3 is 2.35 bits per heavy atom. The van der Waals surface area contributed by atoms with Gasteiger partial charge in [0.2, 0.25) is 0 Å². The van der Waals surface area contributed by atoms with Crippen molar-refractivity contribution in [2.24, 2.45) is 0 Å². The summed E-state index contributed by atoms with van der Waals surface area (Å²) in [5.74, 6) is -0.210. The average molecular weight is 266 g/mol. The lowest BCUT2D eigenvalue weighted by Crippen LogP contribution is -2.00. The van der Waals surface area contributed by atoms with Crippen LogP contribution in [0.5, 0.6) is 5.75 Å². The highest BCUT2D eigenvalue weighted by molar-refractivity contribution is 7.12. The van der Waals surface area contributed by atoms with Gasteiger partial charge in [-0.05, 0) is 12.8 Å². The number of aryl methyl sites for hydroxylation is 1. The van der Waals surface area contributed by atoms with Gasteiger partial charge in [-0.1, -0.05) is 32.6 Å². The molecule has 0 amide bonds. The number of thiophene rings is 1. The summed E-state index contributed by atoms with van der Waals surface area (Å²) >= 11 is 0.655. The molecule has 0 aromatic carbocycles. The predicted octanol–water partition coefficient (Wildman–Crippen LogP) is 4.99. The third kappa shape index (κ3) is 4.58. The first-order valence-corrected chi connectivity index (χ1v) is 6.65. The summed E-state index contributed by atoms with van der Waals surface area (Å²) in [7, 11) is 0. The molecular formula is C12H17F3OS. The second kappa shape index (κ2) is 6.28. The van der Waals surface area contributed by atoms with Crippen molar-refractivity contribution < 1.29 is 18.3 Å². The Morgan fingerprint density at radius 2 is 1.82 bits per heavy atom. The first kappa shape index (κ1) is 14.4. The van der Waals surface area contributed by atoms with E-state index in [-0.39, 0.29) is 5.75 Å². The molecule has 0 spiro atoms. The summed E-state index contributed by atoms with van der Waals surface area (Å²) in [6.45, 7) is 2.11. The number of rotatable bonds is 6. The van der Waals surface area contributed by atoms with E-state index in [0.29, 0.717) is 22.6 Å². The minimum absolute atomic E-state index is 0.210. The molecule has 0 unspecified atom stereocenters. The maximum absolute atomic E-state index is 12.4. The highest BCUT2D eigenvalue weighted by Crippen LogP contribution is 2.40. The van der Waals surface area contributed by atoms with Crippen molar-refractivity contribution in [3.05, 3.63) is 15.8 Å². The summed E-state index contributed by atoms with van der Waals surface area (Å²) in [5, 5.41) is 9.41. The highest BCUT2D eigenvalue weighted by Gasteiger charge is 2.33. The molecule has 17 heavy (non-hydrogen) atoms. The van der Waals surface area contributed by atoms with E-state index in [0.717, 1.165) is 38.2 Å². The Balaban J connectivity index is 2.46. The number of alkyl halides is 3. The molecular weight excluding hydrogens is 249 g/mol. The first-order chi connectivity index (χ1) is 7.95. The molecule has 1 nitrogen and oxygen atoms in total. The van der Waals surface area contributed by atoms with Gasteiger partial charge in [0.25, 0.3) is 0 Å². The van der Waals surface area contributed by atoms with Gasteiger partial charge in [-0.2, -0.15) is 13.2 Å². The summed E-state index contributed by atoms with van der Waals surface area (Å²) in [5.41, 5.74) is 0. The van der Waals surface area contributed by atoms with Gasteiger partial charge < -0.3 is 5.11 Å². The van der Waals surface area contributed by atoms with E-state index in [9.17, 15) is 18.3 Å². The summed E-state index contributed by atoms with van der Waals surface area (Å²) in [4.78, 5) is -0.257.